The van der Waals surface area contributed by atoms with Crippen molar-refractivity contribution in [2.45, 2.75) is 32.4 Å². The number of nitrogens with one attached hydrogen (secondary N) is 1. The van der Waals surface area contributed by atoms with Crippen molar-refractivity contribution in [3.05, 3.63) is 12.2 Å². The maximum atomic E-state index is 9.95. The van der Waals surface area contributed by atoms with Gasteiger partial charge in [-0.05, 0) is 20.8 Å². The van der Waals surface area contributed by atoms with E-state index in [9.17, 15) is 14.7 Å². The molecule has 0 spiro atoms. The van der Waals surface area contributed by atoms with Crippen molar-refractivity contribution in [1.82, 2.24) is 14.1 Å². The summed E-state index contributed by atoms with van der Waals surface area (Å²) in [7, 11) is 0. The van der Waals surface area contributed by atoms with Crippen LogP contribution in [0.5, 0.6) is 5.88 Å². The zero-order chi connectivity index (χ0) is 21.9. The minimum Gasteiger partial charge on any atom is -0.478 e. The third-order valence-electron chi connectivity index (χ3n) is 3.40. The molecule has 4 N–H and O–H groups in total. The van der Waals surface area contributed by atoms with E-state index in [0.717, 1.165) is 30.6 Å². The van der Waals surface area contributed by atoms with Gasteiger partial charge in [-0.15, -0.1) is 4.37 Å². The molecule has 1 fully saturated rings. The molecule has 12 heteroatoms. The van der Waals surface area contributed by atoms with E-state index in [4.69, 9.17) is 19.7 Å². The second-order valence-electron chi connectivity index (χ2n) is 7.10. The smallest absolute Gasteiger partial charge is 0.328 e. The average Bonchev–Trinajstić information content (AvgIpc) is 3.12. The van der Waals surface area contributed by atoms with Gasteiger partial charge in [-0.1, -0.05) is 0 Å². The molecule has 11 nitrogen and oxygen atoms in total. The number of β-amino-alcohol motifs (C(OH)–C–C–N with tert-alkyl or cyclic N) is 1. The maximum Gasteiger partial charge on any atom is 0.328 e. The van der Waals surface area contributed by atoms with E-state index in [2.05, 4.69) is 39.7 Å². The number of rotatable bonds is 8. The van der Waals surface area contributed by atoms with Crippen LogP contribution in [-0.2, 0) is 14.3 Å². The molecule has 2 heterocycles. The van der Waals surface area contributed by atoms with Crippen molar-refractivity contribution in [2.75, 3.05) is 44.4 Å². The summed E-state index contributed by atoms with van der Waals surface area (Å²) < 4.78 is 19.4. The van der Waals surface area contributed by atoms with Crippen LogP contribution in [0.1, 0.15) is 20.8 Å². The van der Waals surface area contributed by atoms with Gasteiger partial charge < -0.3 is 35.0 Å². The molecule has 1 atom stereocenters. The molecule has 2 rings (SSSR count). The van der Waals surface area contributed by atoms with Crippen molar-refractivity contribution in [3.63, 3.8) is 0 Å². The van der Waals surface area contributed by atoms with Gasteiger partial charge in [0.2, 0.25) is 5.82 Å². The summed E-state index contributed by atoms with van der Waals surface area (Å²) in [6.07, 6.45) is 0.536. The number of carbonyl (C=O) groups is 2. The number of aromatic nitrogens is 2. The molecule has 0 radical (unpaired) electrons. The van der Waals surface area contributed by atoms with Crippen LogP contribution in [-0.4, -0.2) is 87.1 Å². The Morgan fingerprint density at radius 3 is 2.34 bits per heavy atom. The number of hydrogen-bond acceptors (Lipinski definition) is 10. The van der Waals surface area contributed by atoms with Crippen LogP contribution in [0.15, 0.2) is 12.2 Å². The number of ether oxygens (including phenoxy) is 2. The van der Waals surface area contributed by atoms with Crippen molar-refractivity contribution >= 4 is 29.5 Å². The highest BCUT2D eigenvalue weighted by atomic mass is 32.1. The van der Waals surface area contributed by atoms with Gasteiger partial charge in [-0.3, -0.25) is 0 Å². The molecule has 0 aliphatic carbocycles. The molecule has 1 aromatic rings. The fraction of sp³-hybridized carbons (Fsp3) is 0.647. The zero-order valence-corrected chi connectivity index (χ0v) is 17.5. The highest BCUT2D eigenvalue weighted by molar-refractivity contribution is 6.99. The molecule has 29 heavy (non-hydrogen) atoms. The van der Waals surface area contributed by atoms with Crippen molar-refractivity contribution < 1.29 is 34.4 Å². The summed E-state index contributed by atoms with van der Waals surface area (Å²) >= 11 is 1.12. The summed E-state index contributed by atoms with van der Waals surface area (Å²) in [4.78, 5) is 21.2. The molecule has 1 aliphatic rings. The average molecular weight is 432 g/mol. The van der Waals surface area contributed by atoms with E-state index >= 15 is 0 Å². The molecular formula is C17H28N4O7S. The third-order valence-corrected chi connectivity index (χ3v) is 3.90. The van der Waals surface area contributed by atoms with Crippen molar-refractivity contribution in [3.8, 4) is 5.88 Å². The van der Waals surface area contributed by atoms with Gasteiger partial charge in [0.25, 0.3) is 5.88 Å². The van der Waals surface area contributed by atoms with E-state index < -0.39 is 18.0 Å². The van der Waals surface area contributed by atoms with Gasteiger partial charge in [-0.2, -0.15) is 4.37 Å². The molecule has 0 aromatic carbocycles. The lowest BCUT2D eigenvalue weighted by molar-refractivity contribution is -0.134. The Balaban J connectivity index is 0.000000447. The van der Waals surface area contributed by atoms with E-state index in [0.29, 0.717) is 37.8 Å². The number of aliphatic carboxylic acids is 2. The topological polar surface area (TPSA) is 154 Å². The van der Waals surface area contributed by atoms with Gasteiger partial charge in [0.1, 0.15) is 12.7 Å². The molecular weight excluding hydrogens is 404 g/mol. The van der Waals surface area contributed by atoms with E-state index in [1.165, 1.54) is 0 Å². The van der Waals surface area contributed by atoms with Gasteiger partial charge in [-0.25, -0.2) is 9.59 Å². The van der Waals surface area contributed by atoms with E-state index in [1.54, 1.807) is 0 Å². The molecule has 0 bridgehead atoms. The Morgan fingerprint density at radius 1 is 1.24 bits per heavy atom. The summed E-state index contributed by atoms with van der Waals surface area (Å²) in [5, 5.41) is 28.8. The molecule has 0 amide bonds. The fourth-order valence-corrected chi connectivity index (χ4v) is 2.56. The van der Waals surface area contributed by atoms with Gasteiger partial charge in [0.15, 0.2) is 0 Å². The van der Waals surface area contributed by atoms with Gasteiger partial charge >= 0.3 is 11.9 Å². The predicted molar refractivity (Wildman–Crippen MR) is 107 cm³/mol. The van der Waals surface area contributed by atoms with Gasteiger partial charge in [0, 0.05) is 37.3 Å². The van der Waals surface area contributed by atoms with Crippen molar-refractivity contribution in [2.24, 2.45) is 0 Å². The minimum atomic E-state index is -1.26. The van der Waals surface area contributed by atoms with Crippen LogP contribution in [0.2, 0.25) is 0 Å². The number of anilines is 1. The first kappa shape index (κ1) is 24.8. The lowest BCUT2D eigenvalue weighted by Crippen LogP contribution is -2.42. The Morgan fingerprint density at radius 2 is 1.83 bits per heavy atom. The first-order valence-corrected chi connectivity index (χ1v) is 9.66. The molecule has 0 saturated carbocycles. The number of hydrogen-bond donors (Lipinski definition) is 4. The van der Waals surface area contributed by atoms with Crippen LogP contribution in [0, 0.1) is 0 Å². The maximum absolute atomic E-state index is 9.95. The predicted octanol–water partition coefficient (Wildman–Crippen LogP) is 0.214. The normalized spacial score (nSPS) is 15.5. The molecule has 1 aliphatic heterocycles. The molecule has 164 valence electrons. The zero-order valence-electron chi connectivity index (χ0n) is 16.7. The fourth-order valence-electron chi connectivity index (χ4n) is 2.04. The van der Waals surface area contributed by atoms with E-state index in [1.807, 2.05) is 0 Å². The lowest BCUT2D eigenvalue weighted by Gasteiger charge is -2.27. The number of carboxylic acids is 2. The minimum absolute atomic E-state index is 0.0257. The highest BCUT2D eigenvalue weighted by Crippen LogP contribution is 2.26. The van der Waals surface area contributed by atoms with Crippen molar-refractivity contribution in [1.29, 1.82) is 0 Å². The second kappa shape index (κ2) is 12.3. The highest BCUT2D eigenvalue weighted by Gasteiger charge is 2.21. The first-order valence-electron chi connectivity index (χ1n) is 8.93. The monoisotopic (exact) mass is 432 g/mol. The summed E-state index contributed by atoms with van der Waals surface area (Å²) in [5.41, 5.74) is -0.0257. The first-order chi connectivity index (χ1) is 13.6. The number of carboxylic acid groups (broad SMARTS) is 2. The lowest BCUT2D eigenvalue weighted by atomic mass is 10.1. The van der Waals surface area contributed by atoms with Gasteiger partial charge in [0.05, 0.1) is 24.9 Å². The number of aliphatic hydroxyl groups excluding tert-OH is 1. The summed E-state index contributed by atoms with van der Waals surface area (Å²) in [6.45, 7) is 9.81. The molecule has 0 unspecified atom stereocenters. The summed E-state index contributed by atoms with van der Waals surface area (Å²) in [5.74, 6) is -1.27. The van der Waals surface area contributed by atoms with Crippen LogP contribution in [0.3, 0.4) is 0 Å². The number of nitrogens with zero attached hydrogens (tertiary/aromatic N) is 3. The Bertz CT molecular complexity index is 653. The SMILES string of the molecule is CC(C)(C)NC[C@@H](O)COc1nsnc1N1CCOCC1.O=C(O)/C=C\C(=O)O. The van der Waals surface area contributed by atoms with Crippen LogP contribution < -0.4 is 15.0 Å². The van der Waals surface area contributed by atoms with Crippen LogP contribution in [0.25, 0.3) is 0 Å². The number of aliphatic hydroxyl groups is 1. The largest absolute Gasteiger partial charge is 0.478 e. The Hall–Kier alpha value is -2.28. The Kier molecular flexibility index (Phi) is 10.5. The Labute approximate surface area is 173 Å². The van der Waals surface area contributed by atoms with Crippen LogP contribution in [0.4, 0.5) is 5.82 Å². The quantitative estimate of drug-likeness (QED) is 0.417. The molecule has 1 saturated heterocycles. The summed E-state index contributed by atoms with van der Waals surface area (Å²) in [6, 6.07) is 0. The second-order valence-corrected chi connectivity index (χ2v) is 7.63. The van der Waals surface area contributed by atoms with E-state index in [-0.39, 0.29) is 12.1 Å². The standard InChI is InChI=1S/C13H24N4O3S.C4H4O4/c1-13(2,3)14-8-10(18)9-20-12-11(15-21-16-12)17-4-6-19-7-5-17;5-3(6)1-2-4(7)8/h10,14,18H,4-9H2,1-3H3;1-2H,(H,5,6)(H,7,8)/b;2-1-/t10-;/m1./s1. The number of morpholine rings is 1. The molecule has 1 aromatic heterocycles. The third kappa shape index (κ3) is 11.3. The van der Waals surface area contributed by atoms with Crippen LogP contribution >= 0.6 is 11.7 Å².